The van der Waals surface area contributed by atoms with Crippen molar-refractivity contribution < 1.29 is 14.3 Å². The van der Waals surface area contributed by atoms with E-state index >= 15 is 0 Å². The van der Waals surface area contributed by atoms with Gasteiger partial charge >= 0.3 is 6.09 Å². The summed E-state index contributed by atoms with van der Waals surface area (Å²) in [6, 6.07) is 5.66. The molecule has 9 heteroatoms. The summed E-state index contributed by atoms with van der Waals surface area (Å²) in [4.78, 5) is 40.2. The fourth-order valence-corrected chi connectivity index (χ4v) is 4.78. The van der Waals surface area contributed by atoms with Gasteiger partial charge in [-0.15, -0.1) is 0 Å². The highest BCUT2D eigenvalue weighted by Gasteiger charge is 2.36. The van der Waals surface area contributed by atoms with Crippen molar-refractivity contribution in [3.63, 3.8) is 0 Å². The van der Waals surface area contributed by atoms with Gasteiger partial charge < -0.3 is 24.8 Å². The Balaban J connectivity index is 1.68. The summed E-state index contributed by atoms with van der Waals surface area (Å²) in [7, 11) is 1.75. The number of fused-ring (bicyclic) bond motifs is 1. The van der Waals surface area contributed by atoms with Crippen LogP contribution in [0.5, 0.6) is 0 Å². The highest BCUT2D eigenvalue weighted by molar-refractivity contribution is 5.94. The lowest BCUT2D eigenvalue weighted by Crippen LogP contribution is -2.46. The van der Waals surface area contributed by atoms with Crippen LogP contribution in [-0.2, 0) is 9.53 Å². The van der Waals surface area contributed by atoms with E-state index in [9.17, 15) is 9.59 Å². The molecule has 182 valence electrons. The molecule has 34 heavy (non-hydrogen) atoms. The minimum absolute atomic E-state index is 0.0208. The summed E-state index contributed by atoms with van der Waals surface area (Å²) in [5.41, 5.74) is 3.37. The minimum atomic E-state index is -0.375. The Bertz CT molecular complexity index is 1040. The van der Waals surface area contributed by atoms with Crippen molar-refractivity contribution in [3.8, 4) is 11.3 Å². The average Bonchev–Trinajstić information content (AvgIpc) is 2.82. The molecule has 0 unspecified atom stereocenters. The molecule has 1 N–H and O–H groups in total. The van der Waals surface area contributed by atoms with Crippen LogP contribution in [0.15, 0.2) is 30.6 Å². The number of piperazine rings is 1. The van der Waals surface area contributed by atoms with Crippen molar-refractivity contribution in [1.29, 1.82) is 0 Å². The molecule has 0 radical (unpaired) electrons. The van der Waals surface area contributed by atoms with Gasteiger partial charge in [0.2, 0.25) is 5.91 Å². The number of carbonyl (C=O) groups excluding carboxylic acids is 2. The van der Waals surface area contributed by atoms with E-state index in [-0.39, 0.29) is 30.2 Å². The molecule has 0 spiro atoms. The molecule has 3 heterocycles. The van der Waals surface area contributed by atoms with Gasteiger partial charge in [-0.05, 0) is 44.9 Å². The van der Waals surface area contributed by atoms with Crippen LogP contribution < -0.4 is 15.1 Å². The van der Waals surface area contributed by atoms with E-state index in [4.69, 9.17) is 4.74 Å². The second-order valence-electron chi connectivity index (χ2n) is 9.30. The monoisotopic (exact) mass is 466 g/mol. The number of amides is 2. The zero-order chi connectivity index (χ0) is 24.4. The van der Waals surface area contributed by atoms with Crippen molar-refractivity contribution in [2.24, 2.45) is 0 Å². The fourth-order valence-electron chi connectivity index (χ4n) is 4.78. The first-order valence-corrected chi connectivity index (χ1v) is 11.9. The number of hydrogen-bond acceptors (Lipinski definition) is 7. The van der Waals surface area contributed by atoms with Gasteiger partial charge in [0.05, 0.1) is 30.2 Å². The predicted octanol–water partition coefficient (Wildman–Crippen LogP) is 3.22. The zero-order valence-electron chi connectivity index (χ0n) is 20.6. The van der Waals surface area contributed by atoms with Crippen LogP contribution in [0.25, 0.3) is 11.3 Å². The predicted molar refractivity (Wildman–Crippen MR) is 132 cm³/mol. The van der Waals surface area contributed by atoms with E-state index in [1.807, 2.05) is 45.2 Å². The van der Waals surface area contributed by atoms with Gasteiger partial charge in [-0.3, -0.25) is 9.78 Å². The molecule has 2 atom stereocenters. The quantitative estimate of drug-likeness (QED) is 0.740. The number of hydrogen-bond donors (Lipinski definition) is 1. The van der Waals surface area contributed by atoms with Crippen molar-refractivity contribution in [2.45, 2.75) is 52.3 Å². The number of anilines is 2. The summed E-state index contributed by atoms with van der Waals surface area (Å²) < 4.78 is 5.45. The van der Waals surface area contributed by atoms with E-state index in [1.54, 1.807) is 30.0 Å². The molecule has 4 rings (SSSR count). The van der Waals surface area contributed by atoms with Crippen LogP contribution in [0.1, 0.15) is 45.7 Å². The summed E-state index contributed by atoms with van der Waals surface area (Å²) in [6.07, 6.45) is 3.64. The molecule has 1 aromatic carbocycles. The van der Waals surface area contributed by atoms with E-state index in [0.29, 0.717) is 6.42 Å². The number of nitrogens with one attached hydrogen (secondary N) is 1. The highest BCUT2D eigenvalue weighted by Crippen LogP contribution is 2.42. The maximum atomic E-state index is 12.7. The molecule has 2 amide bonds. The zero-order valence-corrected chi connectivity index (χ0v) is 20.6. The second-order valence-corrected chi connectivity index (χ2v) is 9.30. The van der Waals surface area contributed by atoms with Crippen molar-refractivity contribution in [1.82, 2.24) is 20.2 Å². The number of rotatable bonds is 4. The SMILES string of the molecule is CC(=O)N1c2ccc(-c3cnc(N4CCNCC4)cn3)cc2[C@@H](N(C)C(=O)OC(C)C)C[C@H]1C. The lowest BCUT2D eigenvalue weighted by atomic mass is 9.89. The van der Waals surface area contributed by atoms with Crippen LogP contribution in [0.2, 0.25) is 0 Å². The average molecular weight is 467 g/mol. The van der Waals surface area contributed by atoms with Crippen LogP contribution >= 0.6 is 0 Å². The van der Waals surface area contributed by atoms with Crippen LogP contribution in [0, 0.1) is 0 Å². The molecule has 1 saturated heterocycles. The van der Waals surface area contributed by atoms with E-state index in [1.165, 1.54) is 0 Å². The normalized spacial score (nSPS) is 20.2. The van der Waals surface area contributed by atoms with Crippen molar-refractivity contribution in [3.05, 3.63) is 36.2 Å². The van der Waals surface area contributed by atoms with Crippen LogP contribution in [0.3, 0.4) is 0 Å². The Morgan fingerprint density at radius 1 is 1.18 bits per heavy atom. The maximum Gasteiger partial charge on any atom is 0.410 e. The summed E-state index contributed by atoms with van der Waals surface area (Å²) in [6.45, 7) is 10.9. The third-order valence-electron chi connectivity index (χ3n) is 6.46. The first-order valence-electron chi connectivity index (χ1n) is 11.9. The Labute approximate surface area is 201 Å². The molecule has 2 aromatic rings. The van der Waals surface area contributed by atoms with Crippen molar-refractivity contribution >= 4 is 23.5 Å². The van der Waals surface area contributed by atoms with Gasteiger partial charge in [0.15, 0.2) is 0 Å². The Hall–Kier alpha value is -3.20. The number of carbonyl (C=O) groups is 2. The minimum Gasteiger partial charge on any atom is -0.447 e. The maximum absolute atomic E-state index is 12.7. The molecule has 1 aromatic heterocycles. The molecule has 9 nitrogen and oxygen atoms in total. The number of aromatic nitrogens is 2. The first kappa shape index (κ1) is 23.9. The molecular formula is C25H34N6O3. The van der Waals surface area contributed by atoms with Crippen LogP contribution in [-0.4, -0.2) is 72.2 Å². The summed E-state index contributed by atoms with van der Waals surface area (Å²) in [5, 5.41) is 3.34. The van der Waals surface area contributed by atoms with Gasteiger partial charge in [0.1, 0.15) is 5.82 Å². The number of ether oxygens (including phenoxy) is 1. The third-order valence-corrected chi connectivity index (χ3v) is 6.46. The Morgan fingerprint density at radius 2 is 1.91 bits per heavy atom. The van der Waals surface area contributed by atoms with Gasteiger partial charge in [0.25, 0.3) is 0 Å². The van der Waals surface area contributed by atoms with E-state index < -0.39 is 0 Å². The largest absolute Gasteiger partial charge is 0.447 e. The fraction of sp³-hybridized carbons (Fsp3) is 0.520. The molecule has 1 fully saturated rings. The number of nitrogens with zero attached hydrogens (tertiary/aromatic N) is 5. The van der Waals surface area contributed by atoms with E-state index in [2.05, 4.69) is 20.2 Å². The van der Waals surface area contributed by atoms with Crippen molar-refractivity contribution in [2.75, 3.05) is 43.0 Å². The van der Waals surface area contributed by atoms with Crippen LogP contribution in [0.4, 0.5) is 16.3 Å². The van der Waals surface area contributed by atoms with Gasteiger partial charge in [-0.1, -0.05) is 6.07 Å². The lowest BCUT2D eigenvalue weighted by Gasteiger charge is -2.42. The third kappa shape index (κ3) is 4.84. The Kier molecular flexibility index (Phi) is 7.02. The smallest absolute Gasteiger partial charge is 0.410 e. The summed E-state index contributed by atoms with van der Waals surface area (Å²) in [5.74, 6) is 0.848. The highest BCUT2D eigenvalue weighted by atomic mass is 16.6. The summed E-state index contributed by atoms with van der Waals surface area (Å²) >= 11 is 0. The molecule has 2 aliphatic heterocycles. The van der Waals surface area contributed by atoms with Gasteiger partial charge in [-0.2, -0.15) is 0 Å². The van der Waals surface area contributed by atoms with E-state index in [0.717, 1.165) is 54.5 Å². The van der Waals surface area contributed by atoms with Gasteiger partial charge in [-0.25, -0.2) is 9.78 Å². The standard InChI is InChI=1S/C25H34N6O3/c1-16(2)34-25(33)29(5)23-12-17(3)31(18(4)32)22-7-6-19(13-20(22)23)21-14-28-24(15-27-21)30-10-8-26-9-11-30/h6-7,13-17,23,26H,8-12H2,1-5H3/t17-,23+/m1/s1. The van der Waals surface area contributed by atoms with Gasteiger partial charge in [0, 0.05) is 57.4 Å². The second kappa shape index (κ2) is 9.97. The molecule has 0 bridgehead atoms. The number of benzene rings is 1. The molecule has 0 saturated carbocycles. The lowest BCUT2D eigenvalue weighted by molar-refractivity contribution is -0.117. The molecular weight excluding hydrogens is 432 g/mol. The topological polar surface area (TPSA) is 90.9 Å². The Morgan fingerprint density at radius 3 is 2.53 bits per heavy atom. The first-order chi connectivity index (χ1) is 16.3. The molecule has 0 aliphatic carbocycles. The molecule has 2 aliphatic rings.